The van der Waals surface area contributed by atoms with Crippen LogP contribution in [0.3, 0.4) is 0 Å². The number of nitrogens with one attached hydrogen (secondary N) is 1. The number of barbiturate groups is 1. The zero-order valence-corrected chi connectivity index (χ0v) is 18.6. The van der Waals surface area contributed by atoms with Crippen LogP contribution in [-0.4, -0.2) is 41.4 Å². The van der Waals surface area contributed by atoms with Crippen LogP contribution in [0.2, 0.25) is 0 Å². The van der Waals surface area contributed by atoms with Gasteiger partial charge in [0.25, 0.3) is 11.8 Å². The molecule has 9 heteroatoms. The Bertz CT molecular complexity index is 1180. The lowest BCUT2D eigenvalue weighted by Crippen LogP contribution is -2.58. The lowest BCUT2D eigenvalue weighted by molar-refractivity contribution is -0.132. The number of nitrogens with zero attached hydrogens (tertiary/aromatic N) is 1. The van der Waals surface area contributed by atoms with Gasteiger partial charge in [-0.05, 0) is 73.9 Å². The fourth-order valence-electron chi connectivity index (χ4n) is 5.18. The molecule has 3 fully saturated rings. The van der Waals surface area contributed by atoms with E-state index in [0.717, 1.165) is 25.7 Å². The van der Waals surface area contributed by atoms with Crippen molar-refractivity contribution in [1.82, 2.24) is 10.2 Å². The highest BCUT2D eigenvalue weighted by atomic mass is 16.6. The Morgan fingerprint density at radius 2 is 2.03 bits per heavy atom. The number of urea groups is 1. The number of carbonyl (C=O) groups is 4. The van der Waals surface area contributed by atoms with Crippen molar-refractivity contribution in [2.75, 3.05) is 6.61 Å². The van der Waals surface area contributed by atoms with Crippen LogP contribution in [0.4, 0.5) is 4.79 Å². The number of esters is 1. The summed E-state index contributed by atoms with van der Waals surface area (Å²) in [7, 11) is 0. The van der Waals surface area contributed by atoms with Gasteiger partial charge >= 0.3 is 12.0 Å². The molecule has 2 heterocycles. The second-order valence-electron chi connectivity index (χ2n) is 8.74. The first kappa shape index (κ1) is 21.9. The fraction of sp³-hybridized carbons (Fsp3) is 0.360. The number of hydrogen-bond donors (Lipinski definition) is 1. The normalized spacial score (nSPS) is 25.1. The van der Waals surface area contributed by atoms with Crippen LogP contribution in [0, 0.1) is 11.8 Å². The summed E-state index contributed by atoms with van der Waals surface area (Å²) < 4.78 is 16.0. The Morgan fingerprint density at radius 3 is 2.71 bits per heavy atom. The van der Waals surface area contributed by atoms with Gasteiger partial charge in [0.15, 0.2) is 11.5 Å². The molecular weight excluding hydrogens is 440 g/mol. The number of furan rings is 1. The number of benzene rings is 1. The molecule has 2 saturated carbocycles. The first-order valence-electron chi connectivity index (χ1n) is 11.4. The number of rotatable bonds is 6. The van der Waals surface area contributed by atoms with E-state index in [-0.39, 0.29) is 28.9 Å². The molecule has 4 amide bonds. The maximum absolute atomic E-state index is 13.2. The van der Waals surface area contributed by atoms with E-state index >= 15 is 0 Å². The van der Waals surface area contributed by atoms with Gasteiger partial charge in [-0.25, -0.2) is 9.59 Å². The predicted octanol–water partition coefficient (Wildman–Crippen LogP) is 3.55. The molecule has 1 N–H and O–H groups in total. The molecule has 176 valence electrons. The molecule has 2 aliphatic carbocycles. The summed E-state index contributed by atoms with van der Waals surface area (Å²) in [4.78, 5) is 51.8. The number of ether oxygens (including phenoxy) is 2. The van der Waals surface area contributed by atoms with Crippen LogP contribution in [0.25, 0.3) is 6.08 Å². The first-order valence-corrected chi connectivity index (χ1v) is 11.4. The van der Waals surface area contributed by atoms with Gasteiger partial charge in [-0.15, -0.1) is 0 Å². The van der Waals surface area contributed by atoms with Crippen molar-refractivity contribution in [3.8, 4) is 11.5 Å². The van der Waals surface area contributed by atoms with Crippen LogP contribution < -0.4 is 14.8 Å². The van der Waals surface area contributed by atoms with E-state index < -0.39 is 23.8 Å². The lowest BCUT2D eigenvalue weighted by Gasteiger charge is -2.35. The van der Waals surface area contributed by atoms with Gasteiger partial charge in [-0.2, -0.15) is 0 Å². The Kier molecular flexibility index (Phi) is 5.69. The second-order valence-corrected chi connectivity index (χ2v) is 8.74. The molecule has 34 heavy (non-hydrogen) atoms. The quantitative estimate of drug-likeness (QED) is 0.301. The number of carbonyl (C=O) groups excluding carboxylic acids is 4. The van der Waals surface area contributed by atoms with Gasteiger partial charge in [0, 0.05) is 6.04 Å². The van der Waals surface area contributed by atoms with Crippen molar-refractivity contribution in [2.45, 2.75) is 38.6 Å². The second kappa shape index (κ2) is 8.81. The molecule has 3 aliphatic rings. The van der Waals surface area contributed by atoms with E-state index in [4.69, 9.17) is 13.9 Å². The van der Waals surface area contributed by atoms with Crippen LogP contribution in [0.15, 0.2) is 46.6 Å². The molecule has 0 spiro atoms. The molecule has 5 rings (SSSR count). The van der Waals surface area contributed by atoms with Crippen molar-refractivity contribution < 1.29 is 33.1 Å². The van der Waals surface area contributed by atoms with E-state index in [9.17, 15) is 19.2 Å². The minimum absolute atomic E-state index is 0.0449. The van der Waals surface area contributed by atoms with Crippen molar-refractivity contribution in [3.63, 3.8) is 0 Å². The average Bonchev–Trinajstić information content (AvgIpc) is 3.57. The number of hydrogen-bond acceptors (Lipinski definition) is 7. The number of imide groups is 2. The zero-order valence-electron chi connectivity index (χ0n) is 18.6. The Hall–Kier alpha value is -3.88. The van der Waals surface area contributed by atoms with Crippen molar-refractivity contribution >= 4 is 29.9 Å². The minimum atomic E-state index is -0.735. The summed E-state index contributed by atoms with van der Waals surface area (Å²) in [6.45, 7) is 2.08. The molecule has 2 aromatic rings. The molecule has 1 aromatic heterocycles. The maximum atomic E-state index is 13.2. The van der Waals surface area contributed by atoms with Gasteiger partial charge in [0.1, 0.15) is 5.57 Å². The van der Waals surface area contributed by atoms with Gasteiger partial charge < -0.3 is 13.9 Å². The fourth-order valence-corrected chi connectivity index (χ4v) is 5.18. The highest BCUT2D eigenvalue weighted by Crippen LogP contribution is 2.47. The van der Waals surface area contributed by atoms with E-state index in [1.807, 2.05) is 0 Å². The summed E-state index contributed by atoms with van der Waals surface area (Å²) in [6.07, 6.45) is 6.72. The van der Waals surface area contributed by atoms with E-state index in [1.54, 1.807) is 25.1 Å². The average molecular weight is 464 g/mol. The number of fused-ring (bicyclic) bond motifs is 2. The first-order chi connectivity index (χ1) is 16.4. The molecule has 3 atom stereocenters. The molecule has 1 aromatic carbocycles. The van der Waals surface area contributed by atoms with Crippen LogP contribution >= 0.6 is 0 Å². The monoisotopic (exact) mass is 464 g/mol. The Morgan fingerprint density at radius 1 is 1.18 bits per heavy atom. The van der Waals surface area contributed by atoms with Crippen LogP contribution in [0.1, 0.15) is 48.7 Å². The summed E-state index contributed by atoms with van der Waals surface area (Å²) >= 11 is 0. The molecule has 1 saturated heterocycles. The molecule has 9 nitrogen and oxygen atoms in total. The third-order valence-corrected chi connectivity index (χ3v) is 6.67. The SMILES string of the molecule is CCOc1cc(/C=C2\C(=O)NC(=O)N([C@@H]3C[C@H]4CC[C@H]3C4)C2=O)ccc1OC(=O)c1ccco1. The van der Waals surface area contributed by atoms with Crippen molar-refractivity contribution in [3.05, 3.63) is 53.5 Å². The smallest absolute Gasteiger partial charge is 0.379 e. The topological polar surface area (TPSA) is 115 Å². The Labute approximate surface area is 195 Å². The van der Waals surface area contributed by atoms with E-state index in [2.05, 4.69) is 5.32 Å². The third-order valence-electron chi connectivity index (χ3n) is 6.67. The molecule has 0 radical (unpaired) electrons. The minimum Gasteiger partial charge on any atom is -0.490 e. The summed E-state index contributed by atoms with van der Waals surface area (Å²) in [5.74, 6) is -0.696. The molecule has 0 unspecified atom stereocenters. The molecule has 2 bridgehead atoms. The third kappa shape index (κ3) is 3.98. The van der Waals surface area contributed by atoms with Gasteiger partial charge in [0.05, 0.1) is 12.9 Å². The summed E-state index contributed by atoms with van der Waals surface area (Å²) in [6, 6.07) is 6.91. The van der Waals surface area contributed by atoms with Gasteiger partial charge in [-0.1, -0.05) is 12.5 Å². The highest BCUT2D eigenvalue weighted by molar-refractivity contribution is 6.31. The maximum Gasteiger partial charge on any atom is 0.379 e. The standard InChI is InChI=1S/C25H24N2O7/c1-2-32-21-13-15(6-8-19(21)34-24(30)20-4-3-9-33-20)11-17-22(28)26-25(31)27(23(17)29)18-12-14-5-7-16(18)10-14/h3-4,6,8-9,11,13-14,16,18H,2,5,7,10,12H2,1H3,(H,26,28,31)/b17-11+/t14-,16-,18+/m0/s1. The van der Waals surface area contributed by atoms with Crippen LogP contribution in [-0.2, 0) is 9.59 Å². The highest BCUT2D eigenvalue weighted by Gasteiger charge is 2.49. The van der Waals surface area contributed by atoms with Gasteiger partial charge in [0.2, 0.25) is 5.76 Å². The molecule has 1 aliphatic heterocycles. The van der Waals surface area contributed by atoms with E-state index in [1.165, 1.54) is 29.4 Å². The van der Waals surface area contributed by atoms with Gasteiger partial charge in [-0.3, -0.25) is 19.8 Å². The lowest BCUT2D eigenvalue weighted by atomic mass is 9.93. The summed E-state index contributed by atoms with van der Waals surface area (Å²) in [5.41, 5.74) is 0.368. The van der Waals surface area contributed by atoms with Crippen molar-refractivity contribution in [2.24, 2.45) is 11.8 Å². The zero-order chi connectivity index (χ0) is 23.8. The number of amides is 4. The van der Waals surface area contributed by atoms with Crippen molar-refractivity contribution in [1.29, 1.82) is 0 Å². The summed E-state index contributed by atoms with van der Waals surface area (Å²) in [5, 5.41) is 2.31. The predicted molar refractivity (Wildman–Crippen MR) is 119 cm³/mol. The van der Waals surface area contributed by atoms with Crippen LogP contribution in [0.5, 0.6) is 11.5 Å². The largest absolute Gasteiger partial charge is 0.490 e. The molecular formula is C25H24N2O7. The Balaban J connectivity index is 1.41. The van der Waals surface area contributed by atoms with E-state index in [0.29, 0.717) is 24.0 Å².